The zero-order chi connectivity index (χ0) is 13.2. The molecule has 1 aromatic carbocycles. The summed E-state index contributed by atoms with van der Waals surface area (Å²) < 4.78 is 50.1. The van der Waals surface area contributed by atoms with E-state index in [-0.39, 0.29) is 12.0 Å². The molecule has 1 amide bonds. The fourth-order valence-electron chi connectivity index (χ4n) is 1.37. The number of rotatable bonds is 3. The number of carbonyl (C=O) groups is 1. The van der Waals surface area contributed by atoms with Crippen LogP contribution in [0, 0.1) is 11.7 Å². The molecule has 0 fully saturated rings. The first-order chi connectivity index (χ1) is 7.71. The quantitative estimate of drug-likeness (QED) is 0.822. The molecule has 0 saturated carbocycles. The highest BCUT2D eigenvalue weighted by molar-refractivity contribution is 5.76. The second-order valence-electron chi connectivity index (χ2n) is 3.82. The van der Waals surface area contributed by atoms with Crippen LogP contribution in [-0.2, 0) is 17.4 Å². The van der Waals surface area contributed by atoms with E-state index in [1.54, 1.807) is 0 Å². The van der Waals surface area contributed by atoms with E-state index in [1.807, 2.05) is 0 Å². The molecule has 94 valence electrons. The van der Waals surface area contributed by atoms with Crippen molar-refractivity contribution in [1.82, 2.24) is 0 Å². The van der Waals surface area contributed by atoms with Crippen LogP contribution >= 0.6 is 0 Å². The molecule has 2 nitrogen and oxygen atoms in total. The van der Waals surface area contributed by atoms with Gasteiger partial charge in [-0.15, -0.1) is 0 Å². The molecule has 1 atom stereocenters. The predicted octanol–water partition coefficient (Wildman–Crippen LogP) is 2.51. The summed E-state index contributed by atoms with van der Waals surface area (Å²) >= 11 is 0. The third-order valence-electron chi connectivity index (χ3n) is 2.36. The summed E-state index contributed by atoms with van der Waals surface area (Å²) in [5, 5.41) is 0. The maximum Gasteiger partial charge on any atom is 0.419 e. The summed E-state index contributed by atoms with van der Waals surface area (Å²) in [6.07, 6.45) is -4.69. The van der Waals surface area contributed by atoms with Crippen LogP contribution in [0.1, 0.15) is 18.1 Å². The van der Waals surface area contributed by atoms with E-state index in [1.165, 1.54) is 13.0 Å². The molecule has 0 bridgehead atoms. The predicted molar refractivity (Wildman–Crippen MR) is 53.5 cm³/mol. The fourth-order valence-corrected chi connectivity index (χ4v) is 1.37. The Morgan fingerprint density at radius 2 is 2.00 bits per heavy atom. The monoisotopic (exact) mass is 249 g/mol. The van der Waals surface area contributed by atoms with Crippen LogP contribution in [-0.4, -0.2) is 5.91 Å². The van der Waals surface area contributed by atoms with Gasteiger partial charge in [-0.2, -0.15) is 13.2 Å². The van der Waals surface area contributed by atoms with Gasteiger partial charge in [0.25, 0.3) is 0 Å². The number of nitrogens with two attached hydrogens (primary N) is 1. The Bertz CT molecular complexity index is 428. The van der Waals surface area contributed by atoms with Crippen molar-refractivity contribution in [3.8, 4) is 0 Å². The van der Waals surface area contributed by atoms with Crippen molar-refractivity contribution in [2.24, 2.45) is 11.7 Å². The number of halogens is 4. The van der Waals surface area contributed by atoms with Crippen LogP contribution in [0.5, 0.6) is 0 Å². The van der Waals surface area contributed by atoms with Crippen molar-refractivity contribution >= 4 is 5.91 Å². The van der Waals surface area contributed by atoms with Crippen molar-refractivity contribution < 1.29 is 22.4 Å². The number of primary amides is 1. The van der Waals surface area contributed by atoms with E-state index in [2.05, 4.69) is 0 Å². The van der Waals surface area contributed by atoms with Crippen molar-refractivity contribution in [3.63, 3.8) is 0 Å². The van der Waals surface area contributed by atoms with Gasteiger partial charge in [0.15, 0.2) is 0 Å². The minimum atomic E-state index is -4.74. The first kappa shape index (κ1) is 13.5. The Morgan fingerprint density at radius 1 is 1.41 bits per heavy atom. The summed E-state index contributed by atoms with van der Waals surface area (Å²) in [7, 11) is 0. The SMILES string of the molecule is CC(Cc1ccc(F)c(C(F)(F)F)c1)C(N)=O. The van der Waals surface area contributed by atoms with E-state index in [9.17, 15) is 22.4 Å². The lowest BCUT2D eigenvalue weighted by atomic mass is 9.99. The van der Waals surface area contributed by atoms with Crippen molar-refractivity contribution in [3.05, 3.63) is 35.1 Å². The molecular formula is C11H11F4NO. The molecule has 1 aromatic rings. The van der Waals surface area contributed by atoms with E-state index in [4.69, 9.17) is 5.73 Å². The summed E-state index contributed by atoms with van der Waals surface area (Å²) in [4.78, 5) is 10.8. The molecule has 0 radical (unpaired) electrons. The molecule has 0 aliphatic heterocycles. The lowest BCUT2D eigenvalue weighted by Gasteiger charge is -2.11. The summed E-state index contributed by atoms with van der Waals surface area (Å²) in [6.45, 7) is 1.50. The first-order valence-corrected chi connectivity index (χ1v) is 4.86. The van der Waals surface area contributed by atoms with Crippen molar-refractivity contribution in [2.75, 3.05) is 0 Å². The normalized spacial score (nSPS) is 13.5. The van der Waals surface area contributed by atoms with Gasteiger partial charge < -0.3 is 5.73 Å². The van der Waals surface area contributed by atoms with Gasteiger partial charge >= 0.3 is 6.18 Å². The van der Waals surface area contributed by atoms with Crippen LogP contribution in [0.15, 0.2) is 18.2 Å². The van der Waals surface area contributed by atoms with Gasteiger partial charge in [-0.05, 0) is 24.1 Å². The highest BCUT2D eigenvalue weighted by Gasteiger charge is 2.34. The van der Waals surface area contributed by atoms with Gasteiger partial charge in [-0.25, -0.2) is 4.39 Å². The second-order valence-corrected chi connectivity index (χ2v) is 3.82. The molecule has 0 heterocycles. The summed E-state index contributed by atoms with van der Waals surface area (Å²) in [5.41, 5.74) is 3.90. The number of benzene rings is 1. The topological polar surface area (TPSA) is 43.1 Å². The van der Waals surface area contributed by atoms with Crippen LogP contribution in [0.3, 0.4) is 0 Å². The maximum absolute atomic E-state index is 12.9. The van der Waals surface area contributed by atoms with E-state index in [0.29, 0.717) is 6.07 Å². The highest BCUT2D eigenvalue weighted by atomic mass is 19.4. The average molecular weight is 249 g/mol. The Balaban J connectivity index is 3.01. The van der Waals surface area contributed by atoms with Gasteiger partial charge in [-0.1, -0.05) is 13.0 Å². The first-order valence-electron chi connectivity index (χ1n) is 4.86. The summed E-state index contributed by atoms with van der Waals surface area (Å²) in [6, 6.07) is 2.66. The Labute approximate surface area is 95.4 Å². The highest BCUT2D eigenvalue weighted by Crippen LogP contribution is 2.32. The van der Waals surface area contributed by atoms with Gasteiger partial charge in [0.2, 0.25) is 5.91 Å². The van der Waals surface area contributed by atoms with E-state index >= 15 is 0 Å². The van der Waals surface area contributed by atoms with Crippen LogP contribution < -0.4 is 5.73 Å². The van der Waals surface area contributed by atoms with E-state index < -0.39 is 29.4 Å². The maximum atomic E-state index is 12.9. The molecule has 0 spiro atoms. The Kier molecular flexibility index (Phi) is 3.75. The molecule has 1 unspecified atom stereocenters. The lowest BCUT2D eigenvalue weighted by molar-refractivity contribution is -0.140. The van der Waals surface area contributed by atoms with Crippen molar-refractivity contribution in [2.45, 2.75) is 19.5 Å². The lowest BCUT2D eigenvalue weighted by Crippen LogP contribution is -2.22. The molecule has 0 aliphatic carbocycles. The number of hydrogen-bond donors (Lipinski definition) is 1. The molecule has 1 rings (SSSR count). The third-order valence-corrected chi connectivity index (χ3v) is 2.36. The zero-order valence-electron chi connectivity index (χ0n) is 9.01. The molecule has 2 N–H and O–H groups in total. The minimum Gasteiger partial charge on any atom is -0.369 e. The second kappa shape index (κ2) is 4.73. The molecular weight excluding hydrogens is 238 g/mol. The van der Waals surface area contributed by atoms with Crippen LogP contribution in [0.4, 0.5) is 17.6 Å². The van der Waals surface area contributed by atoms with Crippen LogP contribution in [0.25, 0.3) is 0 Å². The average Bonchev–Trinajstić information content (AvgIpc) is 2.19. The largest absolute Gasteiger partial charge is 0.419 e. The summed E-state index contributed by atoms with van der Waals surface area (Å²) in [5.74, 6) is -2.53. The smallest absolute Gasteiger partial charge is 0.369 e. The molecule has 0 saturated heterocycles. The van der Waals surface area contributed by atoms with Gasteiger partial charge in [0.05, 0.1) is 5.56 Å². The minimum absolute atomic E-state index is 0.0543. The third kappa shape index (κ3) is 3.44. The van der Waals surface area contributed by atoms with E-state index in [0.717, 1.165) is 6.07 Å². The molecule has 0 aliphatic rings. The van der Waals surface area contributed by atoms with Gasteiger partial charge in [0.1, 0.15) is 5.82 Å². The Morgan fingerprint density at radius 3 is 2.47 bits per heavy atom. The standard InChI is InChI=1S/C11H11F4NO/c1-6(10(16)17)4-7-2-3-9(12)8(5-7)11(13,14)15/h2-3,5-6H,4H2,1H3,(H2,16,17). The fraction of sp³-hybridized carbons (Fsp3) is 0.364. The van der Waals surface area contributed by atoms with Gasteiger partial charge in [0, 0.05) is 5.92 Å². The number of carbonyl (C=O) groups excluding carboxylic acids is 1. The number of alkyl halides is 3. The molecule has 0 aromatic heterocycles. The van der Waals surface area contributed by atoms with Gasteiger partial charge in [-0.3, -0.25) is 4.79 Å². The zero-order valence-corrected chi connectivity index (χ0v) is 9.01. The van der Waals surface area contributed by atoms with Crippen LogP contribution in [0.2, 0.25) is 0 Å². The molecule has 6 heteroatoms. The number of hydrogen-bond acceptors (Lipinski definition) is 1. The Hall–Kier alpha value is -1.59. The number of amides is 1. The van der Waals surface area contributed by atoms with Crippen molar-refractivity contribution in [1.29, 1.82) is 0 Å². The molecule has 17 heavy (non-hydrogen) atoms.